The monoisotopic (exact) mass is 537 g/mol. The van der Waals surface area contributed by atoms with Crippen molar-refractivity contribution in [3.63, 3.8) is 0 Å². The number of carbonyl (C=O) groups is 1. The first kappa shape index (κ1) is 24.9. The summed E-state index contributed by atoms with van der Waals surface area (Å²) in [5.74, 6) is 1.09. The normalized spacial score (nSPS) is 21.2. The Hall–Kier alpha value is -2.82. The van der Waals surface area contributed by atoms with Crippen LogP contribution in [0.2, 0.25) is 5.02 Å². The Bertz CT molecular complexity index is 1200. The molecule has 0 N–H and O–H groups in total. The van der Waals surface area contributed by atoms with Crippen LogP contribution in [-0.4, -0.2) is 46.9 Å². The summed E-state index contributed by atoms with van der Waals surface area (Å²) >= 11 is 7.40. The van der Waals surface area contributed by atoms with Gasteiger partial charge in [0.2, 0.25) is 5.88 Å². The fraction of sp³-hybridized carbons (Fsp3) is 0.360. The molecule has 1 saturated heterocycles. The number of fused-ring (bicyclic) bond motifs is 1. The maximum atomic E-state index is 13.0. The molecule has 2 atom stereocenters. The van der Waals surface area contributed by atoms with E-state index in [0.29, 0.717) is 34.9 Å². The lowest BCUT2D eigenvalue weighted by atomic mass is 10.1. The molecule has 2 heterocycles. The molecule has 0 radical (unpaired) electrons. The zero-order valence-corrected chi connectivity index (χ0v) is 20.6. The standard InChI is InChI=1S/C25H23ClF3N3O3S/c26-18-5-1-3-16(7-18)9-31-11-20-21(12-31)22(20)13-32(24(33)34-23-14-36-15-30-23)10-17-4-2-6-19(8-17)35-25(27,28)29/h1-8,14-15,20-22H,9-13H2. The Balaban J connectivity index is 1.23. The summed E-state index contributed by atoms with van der Waals surface area (Å²) in [6.45, 7) is 3.22. The summed E-state index contributed by atoms with van der Waals surface area (Å²) in [5, 5.41) is 2.33. The smallest absolute Gasteiger partial charge is 0.406 e. The van der Waals surface area contributed by atoms with Crippen LogP contribution in [0, 0.1) is 17.8 Å². The van der Waals surface area contributed by atoms with Gasteiger partial charge in [0.05, 0.1) is 10.9 Å². The number of likely N-dealkylation sites (tertiary alicyclic amines) is 1. The van der Waals surface area contributed by atoms with Gasteiger partial charge in [0, 0.05) is 37.7 Å². The number of piperidine rings is 1. The SMILES string of the molecule is O=C(Oc1cscn1)N(Cc1cccc(OC(F)(F)F)c1)CC1C2CN(Cc3cccc(Cl)c3)CC21. The van der Waals surface area contributed by atoms with Crippen molar-refractivity contribution < 1.29 is 27.4 Å². The Morgan fingerprint density at radius 2 is 1.89 bits per heavy atom. The molecule has 0 bridgehead atoms. The molecule has 2 unspecified atom stereocenters. The average Bonchev–Trinajstić information content (AvgIpc) is 3.16. The minimum absolute atomic E-state index is 0.0974. The minimum Gasteiger partial charge on any atom is -0.406 e. The van der Waals surface area contributed by atoms with E-state index in [4.69, 9.17) is 16.3 Å². The van der Waals surface area contributed by atoms with Crippen molar-refractivity contribution in [1.29, 1.82) is 0 Å². The Morgan fingerprint density at radius 1 is 1.14 bits per heavy atom. The number of aromatic nitrogens is 1. The predicted molar refractivity (Wildman–Crippen MR) is 129 cm³/mol. The summed E-state index contributed by atoms with van der Waals surface area (Å²) in [5.41, 5.74) is 3.24. The average molecular weight is 538 g/mol. The third-order valence-corrected chi connectivity index (χ3v) is 7.34. The molecule has 6 nitrogen and oxygen atoms in total. The Labute approximate surface area is 215 Å². The lowest BCUT2D eigenvalue weighted by molar-refractivity contribution is -0.274. The Morgan fingerprint density at radius 3 is 2.58 bits per heavy atom. The lowest BCUT2D eigenvalue weighted by Crippen LogP contribution is -2.36. The first-order valence-electron chi connectivity index (χ1n) is 11.4. The fourth-order valence-electron chi connectivity index (χ4n) is 4.96. The van der Waals surface area contributed by atoms with Crippen LogP contribution in [0.1, 0.15) is 11.1 Å². The lowest BCUT2D eigenvalue weighted by Gasteiger charge is -2.25. The fourth-order valence-corrected chi connectivity index (χ4v) is 5.62. The first-order valence-corrected chi connectivity index (χ1v) is 12.7. The van der Waals surface area contributed by atoms with Crippen molar-refractivity contribution in [2.24, 2.45) is 17.8 Å². The van der Waals surface area contributed by atoms with Gasteiger partial charge in [-0.3, -0.25) is 4.90 Å². The molecule has 1 amide bonds. The number of hydrogen-bond acceptors (Lipinski definition) is 6. The first-order chi connectivity index (χ1) is 17.2. The van der Waals surface area contributed by atoms with Gasteiger partial charge in [0.1, 0.15) is 5.75 Å². The van der Waals surface area contributed by atoms with Gasteiger partial charge < -0.3 is 14.4 Å². The van der Waals surface area contributed by atoms with Gasteiger partial charge in [-0.1, -0.05) is 35.9 Å². The molecule has 1 aliphatic carbocycles. The molecule has 0 spiro atoms. The van der Waals surface area contributed by atoms with E-state index in [1.165, 1.54) is 34.4 Å². The summed E-state index contributed by atoms with van der Waals surface area (Å²) in [4.78, 5) is 20.9. The third-order valence-electron chi connectivity index (χ3n) is 6.54. The second-order valence-corrected chi connectivity index (χ2v) is 10.2. The number of thiazole rings is 1. The highest BCUT2D eigenvalue weighted by atomic mass is 35.5. The van der Waals surface area contributed by atoms with Gasteiger partial charge in [0.25, 0.3) is 0 Å². The maximum Gasteiger partial charge on any atom is 0.573 e. The number of benzene rings is 2. The van der Waals surface area contributed by atoms with Crippen molar-refractivity contribution in [3.8, 4) is 11.6 Å². The van der Waals surface area contributed by atoms with E-state index in [-0.39, 0.29) is 18.2 Å². The highest BCUT2D eigenvalue weighted by Gasteiger charge is 2.56. The van der Waals surface area contributed by atoms with E-state index in [9.17, 15) is 18.0 Å². The highest BCUT2D eigenvalue weighted by molar-refractivity contribution is 7.07. The predicted octanol–water partition coefficient (Wildman–Crippen LogP) is 6.07. The number of rotatable bonds is 8. The molecule has 190 valence electrons. The largest absolute Gasteiger partial charge is 0.573 e. The van der Waals surface area contributed by atoms with Crippen molar-refractivity contribution in [2.75, 3.05) is 19.6 Å². The molecule has 11 heteroatoms. The maximum absolute atomic E-state index is 13.0. The summed E-state index contributed by atoms with van der Waals surface area (Å²) < 4.78 is 47.4. The third kappa shape index (κ3) is 6.29. The molecule has 5 rings (SSSR count). The zero-order valence-electron chi connectivity index (χ0n) is 19.0. The van der Waals surface area contributed by atoms with E-state index >= 15 is 0 Å². The molecular weight excluding hydrogens is 515 g/mol. The number of amides is 1. The summed E-state index contributed by atoms with van der Waals surface area (Å²) in [6, 6.07) is 13.5. The number of carbonyl (C=O) groups excluding carboxylic acids is 1. The molecule has 1 aliphatic heterocycles. The molecule has 1 saturated carbocycles. The molecule has 36 heavy (non-hydrogen) atoms. The van der Waals surface area contributed by atoms with Crippen molar-refractivity contribution in [3.05, 3.63) is 75.6 Å². The van der Waals surface area contributed by atoms with E-state index in [0.717, 1.165) is 25.2 Å². The summed E-state index contributed by atoms with van der Waals surface area (Å²) in [7, 11) is 0. The van der Waals surface area contributed by atoms with Gasteiger partial charge in [-0.2, -0.15) is 0 Å². The second-order valence-electron chi connectivity index (χ2n) is 9.09. The number of halogens is 4. The molecule has 3 aromatic rings. The van der Waals surface area contributed by atoms with Crippen LogP contribution in [0.3, 0.4) is 0 Å². The van der Waals surface area contributed by atoms with E-state index < -0.39 is 12.5 Å². The quantitative estimate of drug-likeness (QED) is 0.349. The van der Waals surface area contributed by atoms with Crippen LogP contribution in [0.25, 0.3) is 0 Å². The van der Waals surface area contributed by atoms with Gasteiger partial charge in [-0.15, -0.1) is 24.5 Å². The number of alkyl halides is 3. The van der Waals surface area contributed by atoms with Crippen LogP contribution in [0.15, 0.2) is 59.4 Å². The topological polar surface area (TPSA) is 54.9 Å². The van der Waals surface area contributed by atoms with E-state index in [1.807, 2.05) is 18.2 Å². The van der Waals surface area contributed by atoms with Crippen LogP contribution in [-0.2, 0) is 13.1 Å². The van der Waals surface area contributed by atoms with Crippen molar-refractivity contribution in [1.82, 2.24) is 14.8 Å². The van der Waals surface area contributed by atoms with Crippen LogP contribution >= 0.6 is 22.9 Å². The van der Waals surface area contributed by atoms with Gasteiger partial charge in [0.15, 0.2) is 0 Å². The molecule has 2 aromatic carbocycles. The zero-order chi connectivity index (χ0) is 25.3. The van der Waals surface area contributed by atoms with Crippen LogP contribution in [0.5, 0.6) is 11.6 Å². The molecular formula is C25H23ClF3N3O3S. The van der Waals surface area contributed by atoms with E-state index in [2.05, 4.69) is 20.7 Å². The molecule has 2 fully saturated rings. The van der Waals surface area contributed by atoms with Gasteiger partial charge >= 0.3 is 12.5 Å². The number of ether oxygens (including phenoxy) is 2. The van der Waals surface area contributed by atoms with Crippen molar-refractivity contribution >= 4 is 29.0 Å². The number of nitrogens with zero attached hydrogens (tertiary/aromatic N) is 3. The Kier molecular flexibility index (Phi) is 7.09. The molecule has 2 aliphatic rings. The van der Waals surface area contributed by atoms with Gasteiger partial charge in [-0.05, 0) is 53.1 Å². The summed E-state index contributed by atoms with van der Waals surface area (Å²) in [6.07, 6.45) is -5.37. The van der Waals surface area contributed by atoms with Crippen LogP contribution in [0.4, 0.5) is 18.0 Å². The van der Waals surface area contributed by atoms with Crippen LogP contribution < -0.4 is 9.47 Å². The highest BCUT2D eigenvalue weighted by Crippen LogP contribution is 2.52. The van der Waals surface area contributed by atoms with Crippen molar-refractivity contribution in [2.45, 2.75) is 19.5 Å². The minimum atomic E-state index is -4.79. The second kappa shape index (κ2) is 10.3. The van der Waals surface area contributed by atoms with E-state index in [1.54, 1.807) is 17.0 Å². The number of hydrogen-bond donors (Lipinski definition) is 0. The molecule has 1 aromatic heterocycles. The van der Waals surface area contributed by atoms with Gasteiger partial charge in [-0.25, -0.2) is 9.78 Å².